The molecule has 0 radical (unpaired) electrons. The molecule has 0 aliphatic rings. The second kappa shape index (κ2) is 6.16. The van der Waals surface area contributed by atoms with Crippen LogP contribution in [0.3, 0.4) is 0 Å². The molecule has 2 aromatic carbocycles. The van der Waals surface area contributed by atoms with Gasteiger partial charge >= 0.3 is 0 Å². The maximum absolute atomic E-state index is 11.3. The van der Waals surface area contributed by atoms with Crippen molar-refractivity contribution in [1.82, 2.24) is 0 Å². The topological polar surface area (TPSA) is 49.3 Å². The van der Waals surface area contributed by atoms with Gasteiger partial charge in [-0.2, -0.15) is 0 Å². The molecule has 0 saturated heterocycles. The van der Waals surface area contributed by atoms with Crippen molar-refractivity contribution in [2.75, 3.05) is 11.9 Å². The molecule has 0 saturated carbocycles. The highest BCUT2D eigenvalue weighted by Crippen LogP contribution is 2.15. The monoisotopic (exact) mass is 255 g/mol. The predicted octanol–water partition coefficient (Wildman–Crippen LogP) is 3.03. The van der Waals surface area contributed by atoms with E-state index in [0.717, 1.165) is 11.3 Å². The standard InChI is InChI=1S/C16H17NO2/c1-12(18)14-8-5-9-15(10-14)17-11-16(19)13-6-3-2-4-7-13/h2-10,16-17,19H,11H2,1H3. The van der Waals surface area contributed by atoms with Crippen LogP contribution >= 0.6 is 0 Å². The van der Waals surface area contributed by atoms with E-state index in [1.54, 1.807) is 12.1 Å². The lowest BCUT2D eigenvalue weighted by Gasteiger charge is -2.13. The minimum absolute atomic E-state index is 0.0345. The average Bonchev–Trinajstić information content (AvgIpc) is 2.46. The van der Waals surface area contributed by atoms with Gasteiger partial charge < -0.3 is 10.4 Å². The van der Waals surface area contributed by atoms with Gasteiger partial charge in [0.1, 0.15) is 0 Å². The van der Waals surface area contributed by atoms with E-state index in [2.05, 4.69) is 5.32 Å². The van der Waals surface area contributed by atoms with Gasteiger partial charge in [0.15, 0.2) is 5.78 Å². The molecule has 1 unspecified atom stereocenters. The summed E-state index contributed by atoms with van der Waals surface area (Å²) in [7, 11) is 0. The summed E-state index contributed by atoms with van der Waals surface area (Å²) in [4.78, 5) is 11.3. The number of hydrogen-bond donors (Lipinski definition) is 2. The smallest absolute Gasteiger partial charge is 0.159 e. The maximum atomic E-state index is 11.3. The van der Waals surface area contributed by atoms with Crippen LogP contribution in [0.2, 0.25) is 0 Å². The molecule has 19 heavy (non-hydrogen) atoms. The number of aliphatic hydroxyl groups is 1. The van der Waals surface area contributed by atoms with Gasteiger partial charge in [0.2, 0.25) is 0 Å². The van der Waals surface area contributed by atoms with Crippen molar-refractivity contribution < 1.29 is 9.90 Å². The van der Waals surface area contributed by atoms with Gasteiger partial charge in [-0.25, -0.2) is 0 Å². The zero-order valence-corrected chi connectivity index (χ0v) is 10.8. The molecule has 3 heteroatoms. The summed E-state index contributed by atoms with van der Waals surface area (Å²) < 4.78 is 0. The van der Waals surface area contributed by atoms with Crippen LogP contribution in [0.15, 0.2) is 54.6 Å². The largest absolute Gasteiger partial charge is 0.387 e. The van der Waals surface area contributed by atoms with Gasteiger partial charge in [0, 0.05) is 17.8 Å². The van der Waals surface area contributed by atoms with E-state index in [9.17, 15) is 9.90 Å². The Morgan fingerprint density at radius 1 is 1.16 bits per heavy atom. The molecule has 2 aromatic rings. The predicted molar refractivity (Wildman–Crippen MR) is 76.3 cm³/mol. The van der Waals surface area contributed by atoms with Crippen LogP contribution in [0.25, 0.3) is 0 Å². The Hall–Kier alpha value is -2.13. The molecular formula is C16H17NO2. The van der Waals surface area contributed by atoms with Gasteiger partial charge in [0.25, 0.3) is 0 Å². The van der Waals surface area contributed by atoms with E-state index < -0.39 is 6.10 Å². The van der Waals surface area contributed by atoms with E-state index >= 15 is 0 Å². The van der Waals surface area contributed by atoms with Crippen molar-refractivity contribution in [3.8, 4) is 0 Å². The van der Waals surface area contributed by atoms with Gasteiger partial charge in [0.05, 0.1) is 6.10 Å². The normalized spacial score (nSPS) is 11.9. The van der Waals surface area contributed by atoms with E-state index in [1.807, 2.05) is 42.5 Å². The van der Waals surface area contributed by atoms with Crippen LogP contribution in [-0.2, 0) is 0 Å². The molecule has 0 fully saturated rings. The quantitative estimate of drug-likeness (QED) is 0.807. The number of anilines is 1. The molecule has 1 atom stereocenters. The molecule has 98 valence electrons. The summed E-state index contributed by atoms with van der Waals surface area (Å²) >= 11 is 0. The van der Waals surface area contributed by atoms with Crippen molar-refractivity contribution in [3.63, 3.8) is 0 Å². The number of Topliss-reactive ketones (excluding diaryl/α,β-unsaturated/α-hetero) is 1. The van der Waals surface area contributed by atoms with Crippen LogP contribution < -0.4 is 5.32 Å². The molecule has 0 spiro atoms. The zero-order chi connectivity index (χ0) is 13.7. The van der Waals surface area contributed by atoms with Crippen LogP contribution in [0.1, 0.15) is 28.9 Å². The first kappa shape index (κ1) is 13.3. The van der Waals surface area contributed by atoms with Gasteiger partial charge in [-0.3, -0.25) is 4.79 Å². The van der Waals surface area contributed by atoms with Crippen molar-refractivity contribution in [1.29, 1.82) is 0 Å². The van der Waals surface area contributed by atoms with E-state index in [0.29, 0.717) is 12.1 Å². The molecule has 0 bridgehead atoms. The molecular weight excluding hydrogens is 238 g/mol. The number of ketones is 1. The number of nitrogens with one attached hydrogen (secondary N) is 1. The number of hydrogen-bond acceptors (Lipinski definition) is 3. The lowest BCUT2D eigenvalue weighted by Crippen LogP contribution is -2.12. The Kier molecular flexibility index (Phi) is 4.31. The van der Waals surface area contributed by atoms with Crippen LogP contribution in [0.5, 0.6) is 0 Å². The minimum Gasteiger partial charge on any atom is -0.387 e. The van der Waals surface area contributed by atoms with Crippen molar-refractivity contribution in [2.24, 2.45) is 0 Å². The highest BCUT2D eigenvalue weighted by molar-refractivity contribution is 5.94. The summed E-state index contributed by atoms with van der Waals surface area (Å²) in [5.74, 6) is 0.0345. The van der Waals surface area contributed by atoms with Crippen molar-refractivity contribution >= 4 is 11.5 Å². The Labute approximate surface area is 112 Å². The van der Waals surface area contributed by atoms with Crippen LogP contribution in [0.4, 0.5) is 5.69 Å². The first-order valence-corrected chi connectivity index (χ1v) is 6.24. The molecule has 3 nitrogen and oxygen atoms in total. The second-order valence-corrected chi connectivity index (χ2v) is 4.44. The second-order valence-electron chi connectivity index (χ2n) is 4.44. The van der Waals surface area contributed by atoms with Crippen LogP contribution in [0, 0.1) is 0 Å². The fourth-order valence-corrected chi connectivity index (χ4v) is 1.86. The van der Waals surface area contributed by atoms with Gasteiger partial charge in [-0.15, -0.1) is 0 Å². The first-order valence-electron chi connectivity index (χ1n) is 6.24. The lowest BCUT2D eigenvalue weighted by molar-refractivity contribution is 0.101. The Balaban J connectivity index is 1.99. The van der Waals surface area contributed by atoms with E-state index in [4.69, 9.17) is 0 Å². The van der Waals surface area contributed by atoms with Crippen LogP contribution in [-0.4, -0.2) is 17.4 Å². The minimum atomic E-state index is -0.567. The average molecular weight is 255 g/mol. The molecule has 0 aromatic heterocycles. The third-order valence-electron chi connectivity index (χ3n) is 2.95. The SMILES string of the molecule is CC(=O)c1cccc(NCC(O)c2ccccc2)c1. The summed E-state index contributed by atoms with van der Waals surface area (Å²) in [5.41, 5.74) is 2.37. The summed E-state index contributed by atoms with van der Waals surface area (Å²) in [6.07, 6.45) is -0.567. The van der Waals surface area contributed by atoms with Gasteiger partial charge in [-0.05, 0) is 24.6 Å². The summed E-state index contributed by atoms with van der Waals surface area (Å²) in [6, 6.07) is 16.8. The highest BCUT2D eigenvalue weighted by Gasteiger charge is 2.07. The first-order chi connectivity index (χ1) is 9.16. The fraction of sp³-hybridized carbons (Fsp3) is 0.188. The molecule has 2 rings (SSSR count). The van der Waals surface area contributed by atoms with Crippen molar-refractivity contribution in [2.45, 2.75) is 13.0 Å². The molecule has 0 aliphatic heterocycles. The van der Waals surface area contributed by atoms with E-state index in [-0.39, 0.29) is 5.78 Å². The highest BCUT2D eigenvalue weighted by atomic mass is 16.3. The Morgan fingerprint density at radius 2 is 1.89 bits per heavy atom. The number of rotatable bonds is 5. The summed E-state index contributed by atoms with van der Waals surface area (Å²) in [5, 5.41) is 13.2. The van der Waals surface area contributed by atoms with E-state index in [1.165, 1.54) is 6.92 Å². The number of carbonyl (C=O) groups is 1. The Bertz CT molecular complexity index is 552. The third-order valence-corrected chi connectivity index (χ3v) is 2.95. The maximum Gasteiger partial charge on any atom is 0.159 e. The molecule has 0 amide bonds. The third kappa shape index (κ3) is 3.66. The number of aliphatic hydroxyl groups excluding tert-OH is 1. The lowest BCUT2D eigenvalue weighted by atomic mass is 10.1. The van der Waals surface area contributed by atoms with Crippen molar-refractivity contribution in [3.05, 3.63) is 65.7 Å². The van der Waals surface area contributed by atoms with Gasteiger partial charge in [-0.1, -0.05) is 42.5 Å². The number of carbonyl (C=O) groups excluding carboxylic acids is 1. The number of benzene rings is 2. The Morgan fingerprint density at radius 3 is 2.58 bits per heavy atom. The molecule has 0 heterocycles. The fourth-order valence-electron chi connectivity index (χ4n) is 1.86. The summed E-state index contributed by atoms with van der Waals surface area (Å²) in [6.45, 7) is 1.95. The molecule has 2 N–H and O–H groups in total. The molecule has 0 aliphatic carbocycles. The zero-order valence-electron chi connectivity index (χ0n) is 10.8.